The van der Waals surface area contributed by atoms with Crippen molar-refractivity contribution in [2.75, 3.05) is 12.4 Å². The molecule has 0 saturated carbocycles. The van der Waals surface area contributed by atoms with Gasteiger partial charge < -0.3 is 15.4 Å². The number of hydrogen-bond donors (Lipinski definition) is 2. The average Bonchev–Trinajstić information content (AvgIpc) is 2.33. The van der Waals surface area contributed by atoms with Crippen LogP contribution in [0, 0.1) is 5.82 Å². The number of likely N-dealkylation sites (N-methyl/N-ethyl adjacent to an activating group) is 1. The van der Waals surface area contributed by atoms with Crippen LogP contribution < -0.4 is 10.6 Å². The normalized spacial score (nSPS) is 11.6. The summed E-state index contributed by atoms with van der Waals surface area (Å²) in [6, 6.07) is 5.31. The van der Waals surface area contributed by atoms with Gasteiger partial charge in [0.25, 0.3) is 0 Å². The summed E-state index contributed by atoms with van der Waals surface area (Å²) in [5, 5.41) is 5.39. The van der Waals surface area contributed by atoms with Crippen molar-refractivity contribution in [3.05, 3.63) is 30.1 Å². The number of hydrogen-bond acceptors (Lipinski definition) is 3. The Bertz CT molecular complexity index is 396. The van der Waals surface area contributed by atoms with E-state index in [0.717, 1.165) is 6.29 Å². The monoisotopic (exact) mass is 238 g/mol. The van der Waals surface area contributed by atoms with Crippen LogP contribution in [0.2, 0.25) is 0 Å². The molecule has 0 aliphatic carbocycles. The Morgan fingerprint density at radius 2 is 2.29 bits per heavy atom. The third-order valence-electron chi connectivity index (χ3n) is 2.30. The van der Waals surface area contributed by atoms with Gasteiger partial charge in [0.1, 0.15) is 18.1 Å². The minimum atomic E-state index is -0.535. The van der Waals surface area contributed by atoms with Crippen LogP contribution in [0.3, 0.4) is 0 Å². The molecule has 4 nitrogen and oxygen atoms in total. The second-order valence-electron chi connectivity index (χ2n) is 3.57. The van der Waals surface area contributed by atoms with Gasteiger partial charge in [0, 0.05) is 19.2 Å². The van der Waals surface area contributed by atoms with Gasteiger partial charge in [-0.2, -0.15) is 0 Å². The first-order valence-corrected chi connectivity index (χ1v) is 5.34. The molecular formula is C12H15FN2O2. The van der Waals surface area contributed by atoms with Crippen molar-refractivity contribution in [3.63, 3.8) is 0 Å². The predicted octanol–water partition coefficient (Wildman–Crippen LogP) is 1.33. The van der Waals surface area contributed by atoms with Crippen molar-refractivity contribution in [3.8, 4) is 0 Å². The molecule has 0 fully saturated rings. The van der Waals surface area contributed by atoms with E-state index in [4.69, 9.17) is 0 Å². The van der Waals surface area contributed by atoms with Crippen molar-refractivity contribution in [1.82, 2.24) is 5.32 Å². The molecule has 17 heavy (non-hydrogen) atoms. The van der Waals surface area contributed by atoms with Crippen molar-refractivity contribution in [2.45, 2.75) is 18.9 Å². The molecule has 1 aromatic rings. The van der Waals surface area contributed by atoms with Crippen molar-refractivity contribution < 1.29 is 14.0 Å². The van der Waals surface area contributed by atoms with Crippen molar-refractivity contribution in [1.29, 1.82) is 0 Å². The highest BCUT2D eigenvalue weighted by molar-refractivity contribution is 5.84. The van der Waals surface area contributed by atoms with Crippen molar-refractivity contribution in [2.24, 2.45) is 0 Å². The maximum atomic E-state index is 13.0. The summed E-state index contributed by atoms with van der Waals surface area (Å²) in [5.74, 6) is -0.600. The number of amides is 1. The van der Waals surface area contributed by atoms with Gasteiger partial charge in [-0.3, -0.25) is 4.79 Å². The second-order valence-corrected chi connectivity index (χ2v) is 3.57. The molecule has 0 radical (unpaired) electrons. The van der Waals surface area contributed by atoms with E-state index in [1.165, 1.54) is 19.2 Å². The molecule has 5 heteroatoms. The van der Waals surface area contributed by atoms with Crippen LogP contribution in [0.1, 0.15) is 12.8 Å². The van der Waals surface area contributed by atoms with Gasteiger partial charge in [-0.25, -0.2) is 4.39 Å². The molecule has 0 aliphatic rings. The van der Waals surface area contributed by atoms with Gasteiger partial charge >= 0.3 is 0 Å². The van der Waals surface area contributed by atoms with Crippen LogP contribution in [-0.2, 0) is 9.59 Å². The van der Waals surface area contributed by atoms with Gasteiger partial charge in [-0.15, -0.1) is 0 Å². The summed E-state index contributed by atoms with van der Waals surface area (Å²) < 4.78 is 13.0. The lowest BCUT2D eigenvalue weighted by atomic mass is 10.1. The van der Waals surface area contributed by atoms with Gasteiger partial charge in [-0.05, 0) is 24.6 Å². The number of carbonyl (C=O) groups is 2. The number of nitrogens with one attached hydrogen (secondary N) is 2. The summed E-state index contributed by atoms with van der Waals surface area (Å²) in [5.41, 5.74) is 0.518. The largest absolute Gasteiger partial charge is 0.374 e. The highest BCUT2D eigenvalue weighted by Crippen LogP contribution is 2.12. The molecule has 92 valence electrons. The molecule has 0 spiro atoms. The Balaban J connectivity index is 2.71. The zero-order valence-corrected chi connectivity index (χ0v) is 9.57. The molecule has 0 aromatic heterocycles. The van der Waals surface area contributed by atoms with Crippen LogP contribution >= 0.6 is 0 Å². The minimum absolute atomic E-state index is 0.226. The average molecular weight is 238 g/mol. The van der Waals surface area contributed by atoms with E-state index in [1.54, 1.807) is 12.1 Å². The first-order valence-electron chi connectivity index (χ1n) is 5.34. The summed E-state index contributed by atoms with van der Waals surface area (Å²) in [7, 11) is 1.52. The van der Waals surface area contributed by atoms with Gasteiger partial charge in [0.15, 0.2) is 0 Å². The second kappa shape index (κ2) is 6.62. The minimum Gasteiger partial charge on any atom is -0.374 e. The maximum Gasteiger partial charge on any atom is 0.242 e. The van der Waals surface area contributed by atoms with Crippen LogP contribution in [0.5, 0.6) is 0 Å². The lowest BCUT2D eigenvalue weighted by Gasteiger charge is -2.17. The maximum absolute atomic E-state index is 13.0. The van der Waals surface area contributed by atoms with E-state index in [9.17, 15) is 14.0 Å². The molecule has 1 amide bonds. The Labute approximate surface area is 99.2 Å². The quantitative estimate of drug-likeness (QED) is 0.735. The zero-order chi connectivity index (χ0) is 12.7. The lowest BCUT2D eigenvalue weighted by Crippen LogP contribution is -2.37. The third kappa shape index (κ3) is 4.22. The number of aldehydes is 1. The van der Waals surface area contributed by atoms with Crippen LogP contribution in [0.4, 0.5) is 10.1 Å². The number of benzene rings is 1. The topological polar surface area (TPSA) is 58.2 Å². The van der Waals surface area contributed by atoms with Crippen LogP contribution in [0.25, 0.3) is 0 Å². The molecule has 0 bridgehead atoms. The fraction of sp³-hybridized carbons (Fsp3) is 0.333. The zero-order valence-electron chi connectivity index (χ0n) is 9.57. The predicted molar refractivity (Wildman–Crippen MR) is 63.2 cm³/mol. The number of rotatable bonds is 6. The molecular weight excluding hydrogens is 223 g/mol. The first kappa shape index (κ1) is 13.2. The van der Waals surface area contributed by atoms with E-state index in [2.05, 4.69) is 10.6 Å². The molecule has 1 atom stereocenters. The number of anilines is 1. The fourth-order valence-electron chi connectivity index (χ4n) is 1.46. The summed E-state index contributed by atoms with van der Waals surface area (Å²) in [6.45, 7) is 0. The molecule has 0 aliphatic heterocycles. The number of carbonyl (C=O) groups excluding carboxylic acids is 2. The lowest BCUT2D eigenvalue weighted by molar-refractivity contribution is -0.121. The van der Waals surface area contributed by atoms with E-state index in [1.807, 2.05) is 0 Å². The van der Waals surface area contributed by atoms with Gasteiger partial charge in [0.2, 0.25) is 5.91 Å². The van der Waals surface area contributed by atoms with Gasteiger partial charge in [0.05, 0.1) is 0 Å². The van der Waals surface area contributed by atoms with Crippen molar-refractivity contribution >= 4 is 17.9 Å². The SMILES string of the molecule is CNC(=O)C(CCC=O)Nc1cccc(F)c1. The van der Waals surface area contributed by atoms with Crippen LogP contribution in [0.15, 0.2) is 24.3 Å². The summed E-state index contributed by atoms with van der Waals surface area (Å²) in [6.07, 6.45) is 1.41. The van der Waals surface area contributed by atoms with E-state index in [0.29, 0.717) is 12.1 Å². The Morgan fingerprint density at radius 3 is 2.88 bits per heavy atom. The molecule has 0 saturated heterocycles. The Morgan fingerprint density at radius 1 is 1.53 bits per heavy atom. The van der Waals surface area contributed by atoms with E-state index in [-0.39, 0.29) is 18.1 Å². The summed E-state index contributed by atoms with van der Waals surface area (Å²) in [4.78, 5) is 21.8. The first-order chi connectivity index (χ1) is 8.17. The van der Waals surface area contributed by atoms with Gasteiger partial charge in [-0.1, -0.05) is 6.07 Å². The highest BCUT2D eigenvalue weighted by atomic mass is 19.1. The van der Waals surface area contributed by atoms with E-state index < -0.39 is 6.04 Å². The van der Waals surface area contributed by atoms with E-state index >= 15 is 0 Å². The fourth-order valence-corrected chi connectivity index (χ4v) is 1.46. The molecule has 2 N–H and O–H groups in total. The van der Waals surface area contributed by atoms with Crippen LogP contribution in [-0.4, -0.2) is 25.3 Å². The highest BCUT2D eigenvalue weighted by Gasteiger charge is 2.16. The summed E-state index contributed by atoms with van der Waals surface area (Å²) >= 11 is 0. The molecule has 1 unspecified atom stereocenters. The third-order valence-corrected chi connectivity index (χ3v) is 2.30. The Kier molecular flexibility index (Phi) is 5.13. The molecule has 0 heterocycles. The molecule has 1 aromatic carbocycles. The molecule has 1 rings (SSSR count). The Hall–Kier alpha value is -1.91. The smallest absolute Gasteiger partial charge is 0.242 e. The number of halogens is 1. The standard InChI is InChI=1S/C12H15FN2O2/c1-14-12(17)11(6-3-7-16)15-10-5-2-4-9(13)8-10/h2,4-5,7-8,11,15H,3,6H2,1H3,(H,14,17).